The van der Waals surface area contributed by atoms with Gasteiger partial charge in [-0.1, -0.05) is 0 Å². The number of aryl methyl sites for hydroxylation is 1. The Kier molecular flexibility index (Phi) is 6.03. The minimum absolute atomic E-state index is 0.193. The highest BCUT2D eigenvalue weighted by Crippen LogP contribution is 2.22. The lowest BCUT2D eigenvalue weighted by Gasteiger charge is -2.37. The smallest absolute Gasteiger partial charge is 0.410 e. The normalized spacial score (nSPS) is 20.4. The van der Waals surface area contributed by atoms with Gasteiger partial charge in [0.15, 0.2) is 0 Å². The number of likely N-dealkylation sites (tertiary alicyclic amines) is 1. The van der Waals surface area contributed by atoms with Gasteiger partial charge < -0.3 is 15.0 Å². The molecule has 1 amide bonds. The van der Waals surface area contributed by atoms with E-state index in [0.29, 0.717) is 0 Å². The van der Waals surface area contributed by atoms with Crippen LogP contribution in [0.4, 0.5) is 4.79 Å². The van der Waals surface area contributed by atoms with Crippen molar-refractivity contribution in [2.45, 2.75) is 71.6 Å². The summed E-state index contributed by atoms with van der Waals surface area (Å²) in [6.45, 7) is 11.4. The first kappa shape index (κ1) is 18.2. The first-order chi connectivity index (χ1) is 10.8. The van der Waals surface area contributed by atoms with E-state index in [2.05, 4.69) is 22.6 Å². The zero-order chi connectivity index (χ0) is 17.0. The summed E-state index contributed by atoms with van der Waals surface area (Å²) in [5, 5.41) is 6.70. The maximum atomic E-state index is 12.4. The van der Waals surface area contributed by atoms with Crippen molar-refractivity contribution >= 4 is 17.4 Å². The average molecular weight is 340 g/mol. The summed E-state index contributed by atoms with van der Waals surface area (Å²) in [6.07, 6.45) is 3.05. The molecule has 23 heavy (non-hydrogen) atoms. The number of hydrogen-bond donors (Lipinski definition) is 1. The second kappa shape index (κ2) is 7.62. The van der Waals surface area contributed by atoms with Gasteiger partial charge in [-0.2, -0.15) is 0 Å². The zero-order valence-corrected chi connectivity index (χ0v) is 15.7. The fourth-order valence-corrected chi connectivity index (χ4v) is 3.57. The van der Waals surface area contributed by atoms with Crippen LogP contribution in [0.2, 0.25) is 0 Å². The van der Waals surface area contributed by atoms with Gasteiger partial charge >= 0.3 is 6.09 Å². The number of aromatic nitrogens is 1. The van der Waals surface area contributed by atoms with E-state index in [1.54, 1.807) is 11.3 Å². The lowest BCUT2D eigenvalue weighted by molar-refractivity contribution is 0.00970. The summed E-state index contributed by atoms with van der Waals surface area (Å²) in [5.74, 6) is 0. The van der Waals surface area contributed by atoms with Crippen molar-refractivity contribution < 1.29 is 9.53 Å². The average Bonchev–Trinajstić information content (AvgIpc) is 2.90. The number of amides is 1. The fourth-order valence-electron chi connectivity index (χ4n) is 2.74. The van der Waals surface area contributed by atoms with Crippen LogP contribution in [-0.2, 0) is 4.74 Å². The van der Waals surface area contributed by atoms with E-state index in [1.807, 2.05) is 32.6 Å². The Hall–Kier alpha value is -1.14. The van der Waals surface area contributed by atoms with Gasteiger partial charge in [0.2, 0.25) is 0 Å². The van der Waals surface area contributed by atoms with Gasteiger partial charge in [0, 0.05) is 30.2 Å². The third-order valence-electron chi connectivity index (χ3n) is 3.92. The molecule has 0 spiro atoms. The highest BCUT2D eigenvalue weighted by molar-refractivity contribution is 7.09. The molecule has 2 heterocycles. The Bertz CT molecular complexity index is 524. The molecular formula is C17H29N3O2S. The van der Waals surface area contributed by atoms with Crippen LogP contribution < -0.4 is 5.32 Å². The summed E-state index contributed by atoms with van der Waals surface area (Å²) in [6, 6.07) is 0.401. The Morgan fingerprint density at radius 2 is 2.26 bits per heavy atom. The van der Waals surface area contributed by atoms with E-state index in [9.17, 15) is 4.79 Å². The molecule has 1 aromatic rings. The molecule has 2 rings (SSSR count). The largest absolute Gasteiger partial charge is 0.444 e. The molecule has 130 valence electrons. The van der Waals surface area contributed by atoms with Crippen LogP contribution in [0.5, 0.6) is 0 Å². The second-order valence-electron chi connectivity index (χ2n) is 7.28. The van der Waals surface area contributed by atoms with Crippen molar-refractivity contribution in [3.05, 3.63) is 16.1 Å². The number of piperidine rings is 1. The molecule has 1 aliphatic rings. The molecule has 1 aromatic heterocycles. The number of hydrogen-bond acceptors (Lipinski definition) is 5. The first-order valence-electron chi connectivity index (χ1n) is 8.41. The number of nitrogens with one attached hydrogen (secondary N) is 1. The van der Waals surface area contributed by atoms with Gasteiger partial charge in [0.25, 0.3) is 0 Å². The number of carbonyl (C=O) groups excluding carboxylic acids is 1. The maximum Gasteiger partial charge on any atom is 0.410 e. The highest BCUT2D eigenvalue weighted by atomic mass is 32.1. The maximum absolute atomic E-state index is 12.4. The van der Waals surface area contributed by atoms with Crippen molar-refractivity contribution in [3.8, 4) is 0 Å². The minimum Gasteiger partial charge on any atom is -0.444 e. The molecule has 2 atom stereocenters. The molecular weight excluding hydrogens is 310 g/mol. The quantitative estimate of drug-likeness (QED) is 0.904. The van der Waals surface area contributed by atoms with E-state index in [4.69, 9.17) is 4.74 Å². The third kappa shape index (κ3) is 5.46. The molecule has 1 fully saturated rings. The highest BCUT2D eigenvalue weighted by Gasteiger charge is 2.30. The van der Waals surface area contributed by atoms with Crippen molar-refractivity contribution in [1.82, 2.24) is 15.2 Å². The molecule has 1 saturated heterocycles. The van der Waals surface area contributed by atoms with Crippen LogP contribution in [0.3, 0.4) is 0 Å². The molecule has 5 nitrogen and oxygen atoms in total. The molecule has 0 saturated carbocycles. The van der Waals surface area contributed by atoms with Crippen LogP contribution >= 0.6 is 11.3 Å². The second-order valence-corrected chi connectivity index (χ2v) is 8.17. The van der Waals surface area contributed by atoms with E-state index in [0.717, 1.165) is 43.1 Å². The van der Waals surface area contributed by atoms with Gasteiger partial charge in [-0.25, -0.2) is 9.78 Å². The lowest BCUT2D eigenvalue weighted by atomic mass is 10.0. The summed E-state index contributed by atoms with van der Waals surface area (Å²) in [7, 11) is 0. The van der Waals surface area contributed by atoms with E-state index >= 15 is 0 Å². The van der Waals surface area contributed by atoms with E-state index in [1.165, 1.54) is 0 Å². The van der Waals surface area contributed by atoms with Crippen LogP contribution in [0.1, 0.15) is 63.7 Å². The fraction of sp³-hybridized carbons (Fsp3) is 0.765. The van der Waals surface area contributed by atoms with Crippen LogP contribution in [0.25, 0.3) is 0 Å². The minimum atomic E-state index is -0.446. The standard InChI is InChI=1S/C17H29N3O2S/c1-12-11-23-15(19-12)13(2)18-10-14-8-6-7-9-20(14)16(21)22-17(3,4)5/h11,13-14,18H,6-10H2,1-5H3. The van der Waals surface area contributed by atoms with Crippen LogP contribution in [0, 0.1) is 6.92 Å². The monoisotopic (exact) mass is 339 g/mol. The van der Waals surface area contributed by atoms with E-state index in [-0.39, 0.29) is 18.2 Å². The van der Waals surface area contributed by atoms with E-state index < -0.39 is 5.60 Å². The van der Waals surface area contributed by atoms with Gasteiger partial charge in [0.1, 0.15) is 10.6 Å². The summed E-state index contributed by atoms with van der Waals surface area (Å²) >= 11 is 1.68. The molecule has 0 radical (unpaired) electrons. The van der Waals surface area contributed by atoms with Gasteiger partial charge in [-0.05, 0) is 53.9 Å². The predicted octanol–water partition coefficient (Wildman–Crippen LogP) is 3.89. The summed E-state index contributed by atoms with van der Waals surface area (Å²) < 4.78 is 5.55. The van der Waals surface area contributed by atoms with Crippen molar-refractivity contribution in [1.29, 1.82) is 0 Å². The molecule has 6 heteroatoms. The van der Waals surface area contributed by atoms with Gasteiger partial charge in [-0.15, -0.1) is 11.3 Å². The SMILES string of the molecule is Cc1csc(C(C)NCC2CCCCN2C(=O)OC(C)(C)C)n1. The number of nitrogens with zero attached hydrogens (tertiary/aromatic N) is 2. The van der Waals surface area contributed by atoms with Crippen molar-refractivity contribution in [2.75, 3.05) is 13.1 Å². The van der Waals surface area contributed by atoms with Crippen LogP contribution in [-0.4, -0.2) is 40.7 Å². The number of rotatable bonds is 4. The Balaban J connectivity index is 1.92. The van der Waals surface area contributed by atoms with Crippen LogP contribution in [0.15, 0.2) is 5.38 Å². The van der Waals surface area contributed by atoms with Crippen molar-refractivity contribution in [3.63, 3.8) is 0 Å². The number of thiazole rings is 1. The van der Waals surface area contributed by atoms with Gasteiger partial charge in [0.05, 0.1) is 6.04 Å². The topological polar surface area (TPSA) is 54.5 Å². The predicted molar refractivity (Wildman–Crippen MR) is 93.8 cm³/mol. The molecule has 0 aromatic carbocycles. The number of carbonyl (C=O) groups is 1. The molecule has 1 N–H and O–H groups in total. The first-order valence-corrected chi connectivity index (χ1v) is 9.29. The molecule has 2 unspecified atom stereocenters. The Morgan fingerprint density at radius 3 is 2.87 bits per heavy atom. The van der Waals surface area contributed by atoms with Gasteiger partial charge in [-0.3, -0.25) is 0 Å². The third-order valence-corrected chi connectivity index (χ3v) is 5.07. The van der Waals surface area contributed by atoms with Crippen molar-refractivity contribution in [2.24, 2.45) is 0 Å². The Morgan fingerprint density at radius 1 is 1.52 bits per heavy atom. The summed E-state index contributed by atoms with van der Waals surface area (Å²) in [4.78, 5) is 18.8. The number of ether oxygens (including phenoxy) is 1. The summed E-state index contributed by atoms with van der Waals surface area (Å²) in [5.41, 5.74) is 0.616. The zero-order valence-electron chi connectivity index (χ0n) is 14.9. The molecule has 0 aliphatic carbocycles. The molecule has 0 bridgehead atoms. The Labute approximate surface area is 143 Å². The lowest BCUT2D eigenvalue weighted by Crippen LogP contribution is -2.50. The molecule has 1 aliphatic heterocycles.